The molecule has 0 spiro atoms. The van der Waals surface area contributed by atoms with Gasteiger partial charge in [0, 0.05) is 0 Å². The Morgan fingerprint density at radius 3 is 2.09 bits per heavy atom. The van der Waals surface area contributed by atoms with Gasteiger partial charge in [0.2, 0.25) is 0 Å². The summed E-state index contributed by atoms with van der Waals surface area (Å²) in [6.45, 7) is 0. The van der Waals surface area contributed by atoms with Gasteiger partial charge >= 0.3 is 10.0 Å². The molecule has 0 radical (unpaired) electrons. The van der Waals surface area contributed by atoms with Crippen LogP contribution in [0, 0.1) is 4.91 Å². The fourth-order valence-electron chi connectivity index (χ4n) is 0.635. The van der Waals surface area contributed by atoms with Gasteiger partial charge in [0.25, 0.3) is 0 Å². The van der Waals surface area contributed by atoms with Crippen LogP contribution in [-0.4, -0.2) is 8.42 Å². The molecule has 0 amide bonds. The summed E-state index contributed by atoms with van der Waals surface area (Å²) in [5.74, 6) is 0. The molecule has 0 bridgehead atoms. The maximum atomic E-state index is 10.7. The van der Waals surface area contributed by atoms with Gasteiger partial charge in [-0.2, -0.15) is 8.42 Å². The fourth-order valence-corrected chi connectivity index (χ4v) is 1.22. The first-order valence-corrected chi connectivity index (χ1v) is 4.25. The molecule has 4 nitrogen and oxygen atoms in total. The van der Waals surface area contributed by atoms with Gasteiger partial charge in [0.1, 0.15) is 0 Å². The van der Waals surface area contributed by atoms with Crippen molar-refractivity contribution >= 4 is 10.0 Å². The van der Waals surface area contributed by atoms with Crippen molar-refractivity contribution in [2.24, 2.45) is 4.58 Å². The summed E-state index contributed by atoms with van der Waals surface area (Å²) in [5, 5.41) is 0. The topological polar surface area (TPSA) is 63.6 Å². The van der Waals surface area contributed by atoms with Gasteiger partial charge in [-0.15, -0.1) is 4.91 Å². The lowest BCUT2D eigenvalue weighted by Gasteiger charge is -1.91. The zero-order chi connectivity index (χ0) is 8.32. The molecule has 0 aliphatic heterocycles. The van der Waals surface area contributed by atoms with Crippen molar-refractivity contribution in [3.8, 4) is 0 Å². The SMILES string of the molecule is O=NS(=O)(=O)c1ccccc1. The van der Waals surface area contributed by atoms with Crippen molar-refractivity contribution in [1.29, 1.82) is 0 Å². The predicted octanol–water partition coefficient (Wildman–Crippen LogP) is 1.14. The molecule has 1 aromatic rings. The lowest BCUT2D eigenvalue weighted by molar-refractivity contribution is 0.597. The zero-order valence-corrected chi connectivity index (χ0v) is 6.28. The largest absolute Gasteiger partial charge is 0.316 e. The van der Waals surface area contributed by atoms with E-state index in [1.165, 1.54) is 24.3 Å². The molecule has 0 saturated heterocycles. The van der Waals surface area contributed by atoms with Gasteiger partial charge in [-0.1, -0.05) is 18.2 Å². The minimum absolute atomic E-state index is 0.0741. The standard InChI is InChI=1S/C6H5NO3S/c8-7-11(9,10)6-4-2-1-3-5-6/h1-5H. The molecule has 11 heavy (non-hydrogen) atoms. The van der Waals surface area contributed by atoms with E-state index in [-0.39, 0.29) is 4.90 Å². The molecular formula is C6H5NO3S. The summed E-state index contributed by atoms with van der Waals surface area (Å²) in [6.07, 6.45) is 0. The average Bonchev–Trinajstić information content (AvgIpc) is 2.06. The van der Waals surface area contributed by atoms with Crippen molar-refractivity contribution < 1.29 is 8.42 Å². The third-order valence-electron chi connectivity index (χ3n) is 1.14. The summed E-state index contributed by atoms with van der Waals surface area (Å²) in [7, 11) is -3.93. The lowest BCUT2D eigenvalue weighted by Crippen LogP contribution is -1.93. The van der Waals surface area contributed by atoms with Crippen LogP contribution in [0.2, 0.25) is 0 Å². The highest BCUT2D eigenvalue weighted by atomic mass is 32.2. The van der Waals surface area contributed by atoms with Crippen molar-refractivity contribution in [3.05, 3.63) is 35.2 Å². The molecule has 0 unspecified atom stereocenters. The normalized spacial score (nSPS) is 10.9. The van der Waals surface area contributed by atoms with E-state index in [1.54, 1.807) is 6.07 Å². The summed E-state index contributed by atoms with van der Waals surface area (Å²) in [4.78, 5) is 9.72. The molecule has 5 heteroatoms. The predicted molar refractivity (Wildman–Crippen MR) is 39.4 cm³/mol. The number of hydrogen-bond acceptors (Lipinski definition) is 3. The molecule has 0 heterocycles. The number of rotatable bonds is 2. The molecule has 1 rings (SSSR count). The quantitative estimate of drug-likeness (QED) is 0.627. The van der Waals surface area contributed by atoms with E-state index in [0.717, 1.165) is 0 Å². The van der Waals surface area contributed by atoms with Gasteiger partial charge in [-0.3, -0.25) is 0 Å². The van der Waals surface area contributed by atoms with E-state index < -0.39 is 10.0 Å². The van der Waals surface area contributed by atoms with E-state index in [0.29, 0.717) is 0 Å². The van der Waals surface area contributed by atoms with Gasteiger partial charge in [-0.05, 0) is 12.1 Å². The van der Waals surface area contributed by atoms with Crippen molar-refractivity contribution in [2.45, 2.75) is 4.90 Å². The number of nitroso groups, excluding NO2 is 1. The molecule has 0 aliphatic carbocycles. The fraction of sp³-hybridized carbons (Fsp3) is 0. The van der Waals surface area contributed by atoms with Crippen LogP contribution in [0.15, 0.2) is 39.8 Å². The van der Waals surface area contributed by atoms with Gasteiger partial charge in [0.15, 0.2) is 0 Å². The Balaban J connectivity index is 3.24. The molecule has 0 aromatic heterocycles. The Labute approximate surface area is 63.9 Å². The second kappa shape index (κ2) is 2.79. The Bertz CT molecular complexity index is 343. The number of nitrogens with zero attached hydrogens (tertiary/aromatic N) is 1. The summed E-state index contributed by atoms with van der Waals surface area (Å²) in [5.41, 5.74) is 0. The Morgan fingerprint density at radius 2 is 1.64 bits per heavy atom. The van der Waals surface area contributed by atoms with E-state index in [2.05, 4.69) is 0 Å². The Kier molecular flexibility index (Phi) is 2.00. The monoisotopic (exact) mass is 171 g/mol. The molecule has 0 atom stereocenters. The van der Waals surface area contributed by atoms with Crippen LogP contribution < -0.4 is 0 Å². The summed E-state index contributed by atoms with van der Waals surface area (Å²) >= 11 is 0. The van der Waals surface area contributed by atoms with Crippen LogP contribution >= 0.6 is 0 Å². The molecule has 1 aromatic carbocycles. The van der Waals surface area contributed by atoms with E-state index >= 15 is 0 Å². The third kappa shape index (κ3) is 1.62. The van der Waals surface area contributed by atoms with E-state index in [4.69, 9.17) is 0 Å². The van der Waals surface area contributed by atoms with Crippen LogP contribution in [-0.2, 0) is 10.0 Å². The lowest BCUT2D eigenvalue weighted by atomic mass is 10.4. The maximum absolute atomic E-state index is 10.7. The van der Waals surface area contributed by atoms with Crippen molar-refractivity contribution in [2.75, 3.05) is 0 Å². The first kappa shape index (κ1) is 7.87. The average molecular weight is 171 g/mol. The highest BCUT2D eigenvalue weighted by Gasteiger charge is 2.11. The highest BCUT2D eigenvalue weighted by molar-refractivity contribution is 7.90. The van der Waals surface area contributed by atoms with Crippen molar-refractivity contribution in [3.63, 3.8) is 0 Å². The van der Waals surface area contributed by atoms with Crippen LogP contribution in [0.1, 0.15) is 0 Å². The summed E-state index contributed by atoms with van der Waals surface area (Å²) < 4.78 is 23.5. The van der Waals surface area contributed by atoms with Gasteiger partial charge < -0.3 is 0 Å². The minimum Gasteiger partial charge on any atom is -0.196 e. The molecule has 0 fully saturated rings. The third-order valence-corrected chi connectivity index (χ3v) is 2.20. The number of benzene rings is 1. The van der Waals surface area contributed by atoms with Gasteiger partial charge in [-0.25, -0.2) is 0 Å². The Morgan fingerprint density at radius 1 is 1.09 bits per heavy atom. The zero-order valence-electron chi connectivity index (χ0n) is 5.47. The summed E-state index contributed by atoms with van der Waals surface area (Å²) in [6, 6.07) is 7.34. The first-order chi connectivity index (χ1) is 5.17. The van der Waals surface area contributed by atoms with E-state index in [9.17, 15) is 13.3 Å². The highest BCUT2D eigenvalue weighted by Crippen LogP contribution is 2.09. The number of sulfonamides is 1. The van der Waals surface area contributed by atoms with Crippen LogP contribution in [0.25, 0.3) is 0 Å². The second-order valence-corrected chi connectivity index (χ2v) is 3.43. The molecular weight excluding hydrogens is 166 g/mol. The second-order valence-electron chi connectivity index (χ2n) is 1.86. The van der Waals surface area contributed by atoms with Gasteiger partial charge in [0.05, 0.1) is 9.48 Å². The van der Waals surface area contributed by atoms with Crippen LogP contribution in [0.5, 0.6) is 0 Å². The molecule has 0 N–H and O–H groups in total. The molecule has 0 saturated carbocycles. The number of hydrogen-bond donors (Lipinski definition) is 0. The van der Waals surface area contributed by atoms with Crippen molar-refractivity contribution in [1.82, 2.24) is 0 Å². The van der Waals surface area contributed by atoms with Crippen LogP contribution in [0.4, 0.5) is 0 Å². The van der Waals surface area contributed by atoms with Crippen LogP contribution in [0.3, 0.4) is 0 Å². The van der Waals surface area contributed by atoms with E-state index in [1.807, 2.05) is 4.58 Å². The minimum atomic E-state index is -3.93. The Hall–Kier alpha value is -1.23. The molecule has 58 valence electrons. The maximum Gasteiger partial charge on any atom is 0.316 e. The first-order valence-electron chi connectivity index (χ1n) is 2.81. The molecule has 0 aliphatic rings. The smallest absolute Gasteiger partial charge is 0.196 e.